The third-order valence-electron chi connectivity index (χ3n) is 2.75. The van der Waals surface area contributed by atoms with Crippen molar-refractivity contribution in [3.8, 4) is 0 Å². The van der Waals surface area contributed by atoms with Gasteiger partial charge >= 0.3 is 12.4 Å². The summed E-state index contributed by atoms with van der Waals surface area (Å²) in [5, 5.41) is 7.66. The normalized spacial score (nSPS) is 12.9. The molecular weight excluding hydrogens is 340 g/mol. The molecule has 0 spiro atoms. The van der Waals surface area contributed by atoms with E-state index in [0.717, 1.165) is 6.07 Å². The summed E-state index contributed by atoms with van der Waals surface area (Å²) in [6.07, 6.45) is -8.60. The van der Waals surface area contributed by atoms with Gasteiger partial charge in [-0.05, 0) is 12.1 Å². The van der Waals surface area contributed by atoms with Crippen molar-refractivity contribution in [3.63, 3.8) is 0 Å². The number of hydrogen-bond acceptors (Lipinski definition) is 3. The molecule has 3 N–H and O–H groups in total. The standard InChI is InChI=1S/C13H17F6N5/c1-20-11(23-6-4-12(14,15)16)24-8-7-22-10-9(13(17,18)19)3-2-5-21-10/h2-3,5H,4,6-8H2,1H3,(H,21,22)(H2,20,23,24). The van der Waals surface area contributed by atoms with Crippen LogP contribution in [0.1, 0.15) is 12.0 Å². The van der Waals surface area contributed by atoms with Crippen LogP contribution in [-0.4, -0.2) is 43.8 Å². The van der Waals surface area contributed by atoms with Gasteiger partial charge in [-0.15, -0.1) is 0 Å². The smallest absolute Gasteiger partial charge is 0.368 e. The van der Waals surface area contributed by atoms with Crippen LogP contribution in [0.3, 0.4) is 0 Å². The molecule has 1 rings (SSSR count). The monoisotopic (exact) mass is 357 g/mol. The van der Waals surface area contributed by atoms with E-state index in [1.807, 2.05) is 0 Å². The highest BCUT2D eigenvalue weighted by Crippen LogP contribution is 2.33. The van der Waals surface area contributed by atoms with Gasteiger partial charge < -0.3 is 16.0 Å². The highest BCUT2D eigenvalue weighted by atomic mass is 19.4. The van der Waals surface area contributed by atoms with Crippen LogP contribution in [0.25, 0.3) is 0 Å². The van der Waals surface area contributed by atoms with Crippen LogP contribution in [0.2, 0.25) is 0 Å². The summed E-state index contributed by atoms with van der Waals surface area (Å²) in [7, 11) is 1.37. The maximum Gasteiger partial charge on any atom is 0.419 e. The Morgan fingerprint density at radius 1 is 1.08 bits per heavy atom. The molecule has 0 aliphatic rings. The molecule has 0 aromatic carbocycles. The maximum absolute atomic E-state index is 12.8. The van der Waals surface area contributed by atoms with E-state index in [2.05, 4.69) is 25.9 Å². The van der Waals surface area contributed by atoms with E-state index in [1.54, 1.807) is 0 Å². The number of halogens is 6. The van der Waals surface area contributed by atoms with E-state index in [0.29, 0.717) is 0 Å². The van der Waals surface area contributed by atoms with Crippen LogP contribution in [0.15, 0.2) is 23.3 Å². The van der Waals surface area contributed by atoms with Gasteiger partial charge in [0.15, 0.2) is 5.96 Å². The summed E-state index contributed by atoms with van der Waals surface area (Å²) in [4.78, 5) is 7.34. The highest BCUT2D eigenvalue weighted by Gasteiger charge is 2.33. The van der Waals surface area contributed by atoms with E-state index in [-0.39, 0.29) is 31.4 Å². The Morgan fingerprint density at radius 3 is 2.33 bits per heavy atom. The predicted molar refractivity (Wildman–Crippen MR) is 77.8 cm³/mol. The van der Waals surface area contributed by atoms with Crippen LogP contribution in [0.5, 0.6) is 0 Å². The number of pyridine rings is 1. The van der Waals surface area contributed by atoms with E-state index < -0.39 is 24.3 Å². The summed E-state index contributed by atoms with van der Waals surface area (Å²) in [6.45, 7) is -0.144. The van der Waals surface area contributed by atoms with E-state index in [1.165, 1.54) is 19.3 Å². The number of nitrogens with one attached hydrogen (secondary N) is 3. The molecule has 0 radical (unpaired) electrons. The van der Waals surface area contributed by atoms with E-state index in [9.17, 15) is 26.3 Å². The molecule has 24 heavy (non-hydrogen) atoms. The Bertz CT molecular complexity index is 540. The minimum absolute atomic E-state index is 0.0695. The van der Waals surface area contributed by atoms with E-state index in [4.69, 9.17) is 0 Å². The van der Waals surface area contributed by atoms with Gasteiger partial charge in [-0.1, -0.05) is 0 Å². The molecule has 1 heterocycles. The quantitative estimate of drug-likeness (QED) is 0.317. The largest absolute Gasteiger partial charge is 0.419 e. The van der Waals surface area contributed by atoms with Gasteiger partial charge in [-0.25, -0.2) is 4.98 Å². The average molecular weight is 357 g/mol. The first kappa shape index (κ1) is 19.8. The number of rotatable bonds is 6. The summed E-state index contributed by atoms with van der Waals surface area (Å²) in [6, 6.07) is 2.08. The summed E-state index contributed by atoms with van der Waals surface area (Å²) in [5.41, 5.74) is -0.891. The molecular formula is C13H17F6N5. The number of nitrogens with zero attached hydrogens (tertiary/aromatic N) is 2. The second-order valence-electron chi connectivity index (χ2n) is 4.62. The fraction of sp³-hybridized carbons (Fsp3) is 0.538. The predicted octanol–water partition coefficient (Wildman–Crippen LogP) is 2.63. The van der Waals surface area contributed by atoms with Crippen LogP contribution >= 0.6 is 0 Å². The molecule has 1 aromatic heterocycles. The third-order valence-corrected chi connectivity index (χ3v) is 2.75. The summed E-state index contributed by atoms with van der Waals surface area (Å²) >= 11 is 0. The molecule has 0 unspecified atom stereocenters. The van der Waals surface area contributed by atoms with Crippen molar-refractivity contribution < 1.29 is 26.3 Å². The molecule has 0 atom stereocenters. The van der Waals surface area contributed by atoms with Crippen molar-refractivity contribution in [2.45, 2.75) is 18.8 Å². The molecule has 0 saturated carbocycles. The number of aromatic nitrogens is 1. The minimum Gasteiger partial charge on any atom is -0.368 e. The molecule has 11 heteroatoms. The zero-order chi connectivity index (χ0) is 18.2. The Hall–Kier alpha value is -2.20. The molecule has 1 aromatic rings. The van der Waals surface area contributed by atoms with Gasteiger partial charge in [0.25, 0.3) is 0 Å². The zero-order valence-electron chi connectivity index (χ0n) is 12.7. The van der Waals surface area contributed by atoms with Crippen LogP contribution in [-0.2, 0) is 6.18 Å². The first-order valence-electron chi connectivity index (χ1n) is 6.91. The van der Waals surface area contributed by atoms with E-state index >= 15 is 0 Å². The molecule has 0 aliphatic carbocycles. The van der Waals surface area contributed by atoms with Crippen molar-refractivity contribution in [1.29, 1.82) is 0 Å². The van der Waals surface area contributed by atoms with Gasteiger partial charge in [0, 0.05) is 32.9 Å². The van der Waals surface area contributed by atoms with Crippen molar-refractivity contribution in [3.05, 3.63) is 23.9 Å². The van der Waals surface area contributed by atoms with Gasteiger partial charge in [-0.3, -0.25) is 4.99 Å². The number of guanidine groups is 1. The van der Waals surface area contributed by atoms with Gasteiger partial charge in [-0.2, -0.15) is 26.3 Å². The number of anilines is 1. The molecule has 0 saturated heterocycles. The lowest BCUT2D eigenvalue weighted by Crippen LogP contribution is -2.40. The fourth-order valence-corrected chi connectivity index (χ4v) is 1.68. The maximum atomic E-state index is 12.8. The first-order valence-corrected chi connectivity index (χ1v) is 6.91. The lowest BCUT2D eigenvalue weighted by atomic mass is 10.2. The molecule has 0 amide bonds. The van der Waals surface area contributed by atoms with Gasteiger partial charge in [0.05, 0.1) is 12.0 Å². The Kier molecular flexibility index (Phi) is 7.11. The Morgan fingerprint density at radius 2 is 1.75 bits per heavy atom. The third kappa shape index (κ3) is 7.38. The lowest BCUT2D eigenvalue weighted by Gasteiger charge is -2.15. The summed E-state index contributed by atoms with van der Waals surface area (Å²) in [5.74, 6) is -0.190. The molecule has 5 nitrogen and oxygen atoms in total. The van der Waals surface area contributed by atoms with Gasteiger partial charge in [0.1, 0.15) is 5.82 Å². The van der Waals surface area contributed by atoms with Crippen LogP contribution in [0, 0.1) is 0 Å². The Labute approximate surface area is 134 Å². The zero-order valence-corrected chi connectivity index (χ0v) is 12.7. The van der Waals surface area contributed by atoms with Crippen LogP contribution in [0.4, 0.5) is 32.2 Å². The molecule has 136 valence electrons. The fourth-order valence-electron chi connectivity index (χ4n) is 1.68. The van der Waals surface area contributed by atoms with Crippen molar-refractivity contribution in [2.75, 3.05) is 32.0 Å². The second kappa shape index (κ2) is 8.60. The Balaban J connectivity index is 2.40. The summed E-state index contributed by atoms with van der Waals surface area (Å²) < 4.78 is 74.4. The molecule has 0 aliphatic heterocycles. The minimum atomic E-state index is -4.53. The van der Waals surface area contributed by atoms with Crippen LogP contribution < -0.4 is 16.0 Å². The average Bonchev–Trinajstić information content (AvgIpc) is 2.48. The number of alkyl halides is 6. The second-order valence-corrected chi connectivity index (χ2v) is 4.62. The van der Waals surface area contributed by atoms with Crippen molar-refractivity contribution in [1.82, 2.24) is 15.6 Å². The number of hydrogen-bond donors (Lipinski definition) is 3. The molecule has 0 bridgehead atoms. The topological polar surface area (TPSA) is 61.3 Å². The molecule has 0 fully saturated rings. The van der Waals surface area contributed by atoms with Crippen molar-refractivity contribution >= 4 is 11.8 Å². The van der Waals surface area contributed by atoms with Gasteiger partial charge in [0.2, 0.25) is 0 Å². The van der Waals surface area contributed by atoms with Crippen molar-refractivity contribution in [2.24, 2.45) is 4.99 Å². The number of aliphatic imine (C=N–C) groups is 1. The lowest BCUT2D eigenvalue weighted by molar-refractivity contribution is -0.137. The highest BCUT2D eigenvalue weighted by molar-refractivity contribution is 5.79. The first-order chi connectivity index (χ1) is 11.1. The SMILES string of the molecule is CN=C(NCCNc1ncccc1C(F)(F)F)NCCC(F)(F)F.